The Labute approximate surface area is 112 Å². The lowest BCUT2D eigenvalue weighted by Gasteiger charge is -2.51. The van der Waals surface area contributed by atoms with Crippen molar-refractivity contribution in [3.63, 3.8) is 0 Å². The van der Waals surface area contributed by atoms with Crippen molar-refractivity contribution < 1.29 is 5.11 Å². The molecule has 18 heavy (non-hydrogen) atoms. The van der Waals surface area contributed by atoms with Crippen molar-refractivity contribution in [2.45, 2.75) is 71.8 Å². The van der Waals surface area contributed by atoms with E-state index in [0.29, 0.717) is 18.4 Å². The number of hydrogen-bond acceptors (Lipinski definition) is 2. The van der Waals surface area contributed by atoms with E-state index in [4.69, 9.17) is 5.73 Å². The molecule has 0 aromatic heterocycles. The Hall–Kier alpha value is -0.0800. The van der Waals surface area contributed by atoms with Gasteiger partial charge in [-0.25, -0.2) is 0 Å². The van der Waals surface area contributed by atoms with Crippen molar-refractivity contribution in [2.24, 2.45) is 28.4 Å². The molecule has 4 atom stereocenters. The monoisotopic (exact) mass is 253 g/mol. The third-order valence-electron chi connectivity index (χ3n) is 5.82. The summed E-state index contributed by atoms with van der Waals surface area (Å²) in [4.78, 5) is 0. The van der Waals surface area contributed by atoms with E-state index in [0.717, 1.165) is 25.7 Å². The van der Waals surface area contributed by atoms with Gasteiger partial charge in [-0.2, -0.15) is 0 Å². The van der Waals surface area contributed by atoms with Gasteiger partial charge in [0.05, 0.1) is 5.60 Å². The van der Waals surface area contributed by atoms with Crippen molar-refractivity contribution in [3.8, 4) is 0 Å². The molecule has 2 heteroatoms. The highest BCUT2D eigenvalue weighted by Crippen LogP contribution is 2.59. The molecule has 0 saturated heterocycles. The predicted molar refractivity (Wildman–Crippen MR) is 76.2 cm³/mol. The summed E-state index contributed by atoms with van der Waals surface area (Å²) < 4.78 is 0. The summed E-state index contributed by atoms with van der Waals surface area (Å²) in [6, 6.07) is 0. The lowest BCUT2D eigenvalue weighted by Crippen LogP contribution is -2.56. The Morgan fingerprint density at radius 1 is 1.22 bits per heavy atom. The minimum absolute atomic E-state index is 0.0299. The molecule has 2 nitrogen and oxygen atoms in total. The zero-order valence-corrected chi connectivity index (χ0v) is 12.6. The van der Waals surface area contributed by atoms with Crippen LogP contribution in [0.2, 0.25) is 0 Å². The van der Waals surface area contributed by atoms with Crippen LogP contribution in [-0.4, -0.2) is 17.3 Å². The molecule has 0 bridgehead atoms. The van der Waals surface area contributed by atoms with Crippen molar-refractivity contribution in [2.75, 3.05) is 6.54 Å². The predicted octanol–water partition coefficient (Wildman–Crippen LogP) is 3.33. The average Bonchev–Trinajstić information content (AvgIpc) is 2.48. The maximum atomic E-state index is 11.4. The number of aliphatic hydroxyl groups is 1. The van der Waals surface area contributed by atoms with Crippen LogP contribution in [0.4, 0.5) is 0 Å². The summed E-state index contributed by atoms with van der Waals surface area (Å²) in [5.74, 6) is 1.09. The van der Waals surface area contributed by atoms with Gasteiger partial charge in [0.1, 0.15) is 0 Å². The van der Waals surface area contributed by atoms with Gasteiger partial charge in [0.2, 0.25) is 0 Å². The molecule has 0 spiro atoms. The van der Waals surface area contributed by atoms with Gasteiger partial charge in [-0.15, -0.1) is 0 Å². The van der Waals surface area contributed by atoms with Crippen molar-refractivity contribution in [1.82, 2.24) is 0 Å². The van der Waals surface area contributed by atoms with Gasteiger partial charge in [0, 0.05) is 12.0 Å². The second-order valence-electron chi connectivity index (χ2n) is 8.06. The number of rotatable bonds is 2. The SMILES string of the molecule is CC1CCCC(CN)(C2(O)CC(C)(C)CC2C)C1. The first kappa shape index (κ1) is 14.3. The van der Waals surface area contributed by atoms with Gasteiger partial charge in [0.15, 0.2) is 0 Å². The van der Waals surface area contributed by atoms with E-state index in [9.17, 15) is 5.11 Å². The van der Waals surface area contributed by atoms with Crippen LogP contribution in [0.5, 0.6) is 0 Å². The fourth-order valence-corrected chi connectivity index (χ4v) is 5.10. The first-order valence-electron chi connectivity index (χ1n) is 7.67. The molecule has 0 aliphatic heterocycles. The van der Waals surface area contributed by atoms with Gasteiger partial charge in [0.25, 0.3) is 0 Å². The molecule has 4 unspecified atom stereocenters. The summed E-state index contributed by atoms with van der Waals surface area (Å²) >= 11 is 0. The zero-order valence-electron chi connectivity index (χ0n) is 12.6. The standard InChI is InChI=1S/C16H31NO/c1-12-6-5-7-15(8-12,11-17)16(18)10-14(3,4)9-13(16)2/h12-13,18H,5-11,17H2,1-4H3. The van der Waals surface area contributed by atoms with Crippen LogP contribution in [0.1, 0.15) is 66.2 Å². The fraction of sp³-hybridized carbons (Fsp3) is 1.00. The smallest absolute Gasteiger partial charge is 0.0746 e. The van der Waals surface area contributed by atoms with Gasteiger partial charge in [-0.05, 0) is 42.9 Å². The molecule has 2 rings (SSSR count). The van der Waals surface area contributed by atoms with Crippen LogP contribution in [0.3, 0.4) is 0 Å². The summed E-state index contributed by atoms with van der Waals surface area (Å²) in [7, 11) is 0. The summed E-state index contributed by atoms with van der Waals surface area (Å²) in [6.45, 7) is 9.77. The van der Waals surface area contributed by atoms with Crippen LogP contribution < -0.4 is 5.73 Å². The zero-order chi connectivity index (χ0) is 13.6. The molecule has 2 aliphatic rings. The van der Waals surface area contributed by atoms with Crippen LogP contribution in [-0.2, 0) is 0 Å². The Balaban J connectivity index is 2.31. The molecule has 3 N–H and O–H groups in total. The Kier molecular flexibility index (Phi) is 3.57. The maximum absolute atomic E-state index is 11.4. The third-order valence-corrected chi connectivity index (χ3v) is 5.82. The molecule has 2 saturated carbocycles. The third kappa shape index (κ3) is 2.12. The molecule has 0 heterocycles. The fourth-order valence-electron chi connectivity index (χ4n) is 5.10. The highest BCUT2D eigenvalue weighted by Gasteiger charge is 2.59. The van der Waals surface area contributed by atoms with E-state index in [1.165, 1.54) is 12.8 Å². The number of nitrogens with two attached hydrogens (primary N) is 1. The minimum atomic E-state index is -0.542. The molecule has 0 aromatic carbocycles. The van der Waals surface area contributed by atoms with E-state index < -0.39 is 5.60 Å². The highest BCUT2D eigenvalue weighted by atomic mass is 16.3. The van der Waals surface area contributed by atoms with Gasteiger partial charge < -0.3 is 10.8 Å². The van der Waals surface area contributed by atoms with Crippen LogP contribution in [0.15, 0.2) is 0 Å². The summed E-state index contributed by atoms with van der Waals surface area (Å²) in [5.41, 5.74) is 5.85. The van der Waals surface area contributed by atoms with E-state index in [2.05, 4.69) is 27.7 Å². The van der Waals surface area contributed by atoms with Crippen molar-refractivity contribution in [1.29, 1.82) is 0 Å². The van der Waals surface area contributed by atoms with Crippen LogP contribution in [0.25, 0.3) is 0 Å². The molecule has 0 aromatic rings. The quantitative estimate of drug-likeness (QED) is 0.793. The van der Waals surface area contributed by atoms with Gasteiger partial charge in [-0.3, -0.25) is 0 Å². The van der Waals surface area contributed by atoms with E-state index in [-0.39, 0.29) is 10.8 Å². The van der Waals surface area contributed by atoms with Crippen LogP contribution in [0, 0.1) is 22.7 Å². The van der Waals surface area contributed by atoms with Gasteiger partial charge >= 0.3 is 0 Å². The summed E-state index contributed by atoms with van der Waals surface area (Å²) in [5, 5.41) is 11.4. The molecule has 2 fully saturated rings. The first-order chi connectivity index (χ1) is 8.25. The van der Waals surface area contributed by atoms with Gasteiger partial charge in [-0.1, -0.05) is 40.5 Å². The molecule has 2 aliphatic carbocycles. The maximum Gasteiger partial charge on any atom is 0.0746 e. The first-order valence-corrected chi connectivity index (χ1v) is 7.67. The molecule has 0 radical (unpaired) electrons. The largest absolute Gasteiger partial charge is 0.389 e. The van der Waals surface area contributed by atoms with E-state index >= 15 is 0 Å². The normalized spacial score (nSPS) is 48.3. The minimum Gasteiger partial charge on any atom is -0.389 e. The second-order valence-corrected chi connectivity index (χ2v) is 8.06. The molecule has 106 valence electrons. The molecular weight excluding hydrogens is 222 g/mol. The van der Waals surface area contributed by atoms with Crippen molar-refractivity contribution in [3.05, 3.63) is 0 Å². The number of hydrogen-bond donors (Lipinski definition) is 2. The second kappa shape index (κ2) is 4.49. The Morgan fingerprint density at radius 3 is 2.33 bits per heavy atom. The van der Waals surface area contributed by atoms with E-state index in [1.54, 1.807) is 0 Å². The lowest BCUT2D eigenvalue weighted by atomic mass is 9.57. The summed E-state index contributed by atoms with van der Waals surface area (Å²) in [6.07, 6.45) is 6.80. The molecule has 0 amide bonds. The topological polar surface area (TPSA) is 46.2 Å². The Bertz CT molecular complexity index is 314. The van der Waals surface area contributed by atoms with Crippen molar-refractivity contribution >= 4 is 0 Å². The Morgan fingerprint density at radius 2 is 1.89 bits per heavy atom. The highest BCUT2D eigenvalue weighted by molar-refractivity contribution is 5.10. The average molecular weight is 253 g/mol. The molecular formula is C16H31NO. The lowest BCUT2D eigenvalue weighted by molar-refractivity contribution is -0.131. The van der Waals surface area contributed by atoms with E-state index in [1.807, 2.05) is 0 Å². The van der Waals surface area contributed by atoms with Crippen LogP contribution >= 0.6 is 0 Å².